The number of pyridine rings is 1. The predicted molar refractivity (Wildman–Crippen MR) is 154 cm³/mol. The number of fused-ring (bicyclic) bond motifs is 1. The van der Waals surface area contributed by atoms with Gasteiger partial charge in [0.05, 0.1) is 5.54 Å². The first-order chi connectivity index (χ1) is 18.9. The molecule has 1 atom stereocenters. The molecular weight excluding hydrogens is 488 g/mol. The molecule has 8 heteroatoms. The summed E-state index contributed by atoms with van der Waals surface area (Å²) in [6.45, 7) is 10.9. The van der Waals surface area contributed by atoms with E-state index < -0.39 is 0 Å². The van der Waals surface area contributed by atoms with Crippen LogP contribution >= 0.6 is 0 Å². The van der Waals surface area contributed by atoms with Crippen LogP contribution < -0.4 is 10.9 Å². The van der Waals surface area contributed by atoms with Crippen LogP contribution in [0.3, 0.4) is 0 Å². The lowest BCUT2D eigenvalue weighted by atomic mass is 9.95. The van der Waals surface area contributed by atoms with Gasteiger partial charge in [-0.25, -0.2) is 4.98 Å². The monoisotopic (exact) mass is 526 g/mol. The molecule has 2 aromatic heterocycles. The van der Waals surface area contributed by atoms with Gasteiger partial charge in [-0.2, -0.15) is 4.98 Å². The maximum atomic E-state index is 12.5. The van der Waals surface area contributed by atoms with E-state index in [2.05, 4.69) is 46.0 Å². The minimum atomic E-state index is -0.174. The summed E-state index contributed by atoms with van der Waals surface area (Å²) in [4.78, 5) is 38.4. The molecule has 6 rings (SSSR count). The summed E-state index contributed by atoms with van der Waals surface area (Å²) in [7, 11) is 0. The van der Waals surface area contributed by atoms with Crippen molar-refractivity contribution in [1.29, 1.82) is 0 Å². The fourth-order valence-electron chi connectivity index (χ4n) is 6.00. The van der Waals surface area contributed by atoms with Crippen molar-refractivity contribution in [3.8, 4) is 0 Å². The van der Waals surface area contributed by atoms with E-state index in [-0.39, 0.29) is 23.0 Å². The van der Waals surface area contributed by atoms with Crippen molar-refractivity contribution >= 4 is 22.9 Å². The van der Waals surface area contributed by atoms with E-state index in [4.69, 9.17) is 4.98 Å². The molecule has 0 radical (unpaired) electrons. The van der Waals surface area contributed by atoms with Gasteiger partial charge in [0.25, 0.3) is 5.56 Å². The van der Waals surface area contributed by atoms with Crippen LogP contribution in [0.5, 0.6) is 0 Å². The summed E-state index contributed by atoms with van der Waals surface area (Å²) in [5.41, 5.74) is 3.04. The SMILES string of the molecule is C=CC(=O)N1CCN(C(CC2CC2)c2ccc(C3(Nc4ncc5ccc(=O)n(C(C)C)c5n4)CC3)cc2)CC1. The van der Waals surface area contributed by atoms with E-state index in [1.165, 1.54) is 36.5 Å². The van der Waals surface area contributed by atoms with Gasteiger partial charge < -0.3 is 10.2 Å². The number of carbonyl (C=O) groups is 1. The second kappa shape index (κ2) is 10.2. The van der Waals surface area contributed by atoms with Gasteiger partial charge in [-0.1, -0.05) is 43.7 Å². The molecule has 0 spiro atoms. The van der Waals surface area contributed by atoms with Crippen LogP contribution in [0.2, 0.25) is 0 Å². The number of benzene rings is 1. The number of hydrogen-bond donors (Lipinski definition) is 1. The molecule has 1 N–H and O–H groups in total. The van der Waals surface area contributed by atoms with Crippen molar-refractivity contribution in [2.75, 3.05) is 31.5 Å². The Morgan fingerprint density at radius 3 is 2.44 bits per heavy atom. The highest BCUT2D eigenvalue weighted by molar-refractivity contribution is 5.87. The first kappa shape index (κ1) is 25.7. The van der Waals surface area contributed by atoms with Crippen LogP contribution in [0.15, 0.2) is 60.0 Å². The third kappa shape index (κ3) is 5.22. The van der Waals surface area contributed by atoms with Gasteiger partial charge >= 0.3 is 0 Å². The van der Waals surface area contributed by atoms with Crippen LogP contribution in [0.1, 0.15) is 69.2 Å². The number of rotatable bonds is 9. The number of amides is 1. The number of carbonyl (C=O) groups excluding carboxylic acids is 1. The van der Waals surface area contributed by atoms with Crippen molar-refractivity contribution in [1.82, 2.24) is 24.3 Å². The van der Waals surface area contributed by atoms with Crippen molar-refractivity contribution < 1.29 is 4.79 Å². The Labute approximate surface area is 229 Å². The van der Waals surface area contributed by atoms with Gasteiger partial charge in [-0.05, 0) is 62.3 Å². The van der Waals surface area contributed by atoms with Gasteiger partial charge in [0, 0.05) is 55.9 Å². The van der Waals surface area contributed by atoms with Crippen molar-refractivity contribution in [2.45, 2.75) is 63.6 Å². The van der Waals surface area contributed by atoms with Crippen LogP contribution in [0, 0.1) is 5.92 Å². The molecule has 1 saturated heterocycles. The van der Waals surface area contributed by atoms with Gasteiger partial charge in [0.2, 0.25) is 11.9 Å². The molecule has 204 valence electrons. The fraction of sp³-hybridized carbons (Fsp3) is 0.484. The molecule has 1 unspecified atom stereocenters. The van der Waals surface area contributed by atoms with E-state index in [1.54, 1.807) is 22.9 Å². The number of anilines is 1. The van der Waals surface area contributed by atoms with Gasteiger partial charge in [0.1, 0.15) is 5.65 Å². The minimum absolute atomic E-state index is 0.0143. The van der Waals surface area contributed by atoms with E-state index in [1.807, 2.05) is 18.7 Å². The Morgan fingerprint density at radius 2 is 1.82 bits per heavy atom. The summed E-state index contributed by atoms with van der Waals surface area (Å²) >= 11 is 0. The lowest BCUT2D eigenvalue weighted by Crippen LogP contribution is -2.49. The molecule has 3 aliphatic rings. The summed E-state index contributed by atoms with van der Waals surface area (Å²) in [5, 5.41) is 4.47. The summed E-state index contributed by atoms with van der Waals surface area (Å²) in [6, 6.07) is 12.9. The maximum Gasteiger partial charge on any atom is 0.252 e. The molecule has 1 aromatic carbocycles. The number of nitrogens with one attached hydrogen (secondary N) is 1. The molecule has 3 aromatic rings. The van der Waals surface area contributed by atoms with E-state index >= 15 is 0 Å². The van der Waals surface area contributed by atoms with Gasteiger partial charge in [-0.3, -0.25) is 19.1 Å². The molecule has 2 aliphatic carbocycles. The molecule has 8 nitrogen and oxygen atoms in total. The smallest absolute Gasteiger partial charge is 0.252 e. The molecule has 1 amide bonds. The zero-order chi connectivity index (χ0) is 27.1. The maximum absolute atomic E-state index is 12.5. The summed E-state index contributed by atoms with van der Waals surface area (Å²) < 4.78 is 1.73. The molecule has 0 bridgehead atoms. The third-order valence-corrected chi connectivity index (χ3v) is 8.63. The van der Waals surface area contributed by atoms with Crippen LogP contribution in [-0.4, -0.2) is 56.4 Å². The normalized spacial score (nSPS) is 19.7. The second-order valence-corrected chi connectivity index (χ2v) is 11.7. The van der Waals surface area contributed by atoms with Crippen LogP contribution in [0.25, 0.3) is 11.0 Å². The van der Waals surface area contributed by atoms with Crippen molar-refractivity contribution in [3.05, 3.63) is 76.7 Å². The molecule has 1 aliphatic heterocycles. The Hall–Kier alpha value is -3.52. The highest BCUT2D eigenvalue weighted by Gasteiger charge is 2.45. The molecule has 3 fully saturated rings. The van der Waals surface area contributed by atoms with E-state index in [0.29, 0.717) is 17.6 Å². The molecule has 3 heterocycles. The highest BCUT2D eigenvalue weighted by Crippen LogP contribution is 2.48. The average Bonchev–Trinajstić information content (AvgIpc) is 3.89. The lowest BCUT2D eigenvalue weighted by molar-refractivity contribution is -0.128. The molecular formula is C31H38N6O2. The predicted octanol–water partition coefficient (Wildman–Crippen LogP) is 4.65. The number of piperazine rings is 1. The van der Waals surface area contributed by atoms with Crippen LogP contribution in [-0.2, 0) is 10.3 Å². The van der Waals surface area contributed by atoms with Gasteiger partial charge in [-0.15, -0.1) is 0 Å². The zero-order valence-electron chi connectivity index (χ0n) is 23.0. The highest BCUT2D eigenvalue weighted by atomic mass is 16.2. The van der Waals surface area contributed by atoms with E-state index in [0.717, 1.165) is 50.3 Å². The largest absolute Gasteiger partial charge is 0.345 e. The van der Waals surface area contributed by atoms with Crippen LogP contribution in [0.4, 0.5) is 5.95 Å². The number of aromatic nitrogens is 3. The third-order valence-electron chi connectivity index (χ3n) is 8.63. The number of hydrogen-bond acceptors (Lipinski definition) is 6. The Morgan fingerprint density at radius 1 is 1.10 bits per heavy atom. The fourth-order valence-corrected chi connectivity index (χ4v) is 6.00. The standard InChI is InChI=1S/C31H38N6O2/c1-4-27(38)36-17-15-35(16-18-36)26(19-22-5-6-22)23-7-10-25(11-8-23)31(13-14-31)34-30-32-20-24-9-12-28(39)37(21(2)3)29(24)33-30/h4,7-12,20-22,26H,1,5-6,13-19H2,2-3H3,(H,32,33,34). The Balaban J connectivity index is 1.20. The summed E-state index contributed by atoms with van der Waals surface area (Å²) in [5.74, 6) is 1.40. The zero-order valence-corrected chi connectivity index (χ0v) is 23.0. The average molecular weight is 527 g/mol. The quantitative estimate of drug-likeness (QED) is 0.409. The van der Waals surface area contributed by atoms with Crippen molar-refractivity contribution in [3.63, 3.8) is 0 Å². The Bertz CT molecular complexity index is 1430. The lowest BCUT2D eigenvalue weighted by Gasteiger charge is -2.39. The first-order valence-corrected chi connectivity index (χ1v) is 14.3. The molecule has 2 saturated carbocycles. The summed E-state index contributed by atoms with van der Waals surface area (Å²) in [6.07, 6.45) is 9.09. The Kier molecular flexibility index (Phi) is 6.75. The number of nitrogens with zero attached hydrogens (tertiary/aromatic N) is 5. The minimum Gasteiger partial charge on any atom is -0.345 e. The van der Waals surface area contributed by atoms with Gasteiger partial charge in [0.15, 0.2) is 0 Å². The van der Waals surface area contributed by atoms with E-state index in [9.17, 15) is 9.59 Å². The molecule has 39 heavy (non-hydrogen) atoms. The first-order valence-electron chi connectivity index (χ1n) is 14.3. The second-order valence-electron chi connectivity index (χ2n) is 11.7. The topological polar surface area (TPSA) is 83.4 Å². The van der Waals surface area contributed by atoms with Crippen molar-refractivity contribution in [2.24, 2.45) is 5.92 Å².